The van der Waals surface area contributed by atoms with E-state index in [2.05, 4.69) is 25.9 Å². The summed E-state index contributed by atoms with van der Waals surface area (Å²) in [5.74, 6) is -0.221. The summed E-state index contributed by atoms with van der Waals surface area (Å²) < 4.78 is 0.971. The summed E-state index contributed by atoms with van der Waals surface area (Å²) in [5.41, 5.74) is 7.89. The van der Waals surface area contributed by atoms with Gasteiger partial charge in [0, 0.05) is 15.4 Å². The van der Waals surface area contributed by atoms with Gasteiger partial charge in [0.05, 0.1) is 17.0 Å². The van der Waals surface area contributed by atoms with Crippen LogP contribution >= 0.6 is 27.7 Å². The molecule has 0 unspecified atom stereocenters. The Morgan fingerprint density at radius 2 is 1.91 bits per heavy atom. The molecule has 0 aliphatic rings. The molecule has 0 saturated heterocycles. The number of primary amides is 1. The smallest absolute Gasteiger partial charge is 0.227 e. The number of carbonyl (C=O) groups excluding carboxylic acids is 1. The second-order valence-electron chi connectivity index (χ2n) is 4.64. The largest absolute Gasteiger partial charge is 0.369 e. The van der Waals surface area contributed by atoms with Gasteiger partial charge in [0.25, 0.3) is 0 Å². The van der Waals surface area contributed by atoms with Crippen molar-refractivity contribution in [2.75, 3.05) is 5.75 Å². The second-order valence-corrected chi connectivity index (χ2v) is 6.50. The number of nitrogens with two attached hydrogens (primary N) is 1. The number of amides is 1. The fourth-order valence-corrected chi connectivity index (χ4v) is 3.05. The Bertz CT molecular complexity index is 839. The molecule has 0 aliphatic heterocycles. The third-order valence-corrected chi connectivity index (χ3v) is 4.39. The molecule has 2 N–H and O–H groups in total. The summed E-state index contributed by atoms with van der Waals surface area (Å²) in [6.07, 6.45) is 0. The van der Waals surface area contributed by atoms with Crippen LogP contribution in [0.5, 0.6) is 0 Å². The average Bonchev–Trinajstić information content (AvgIpc) is 2.53. The van der Waals surface area contributed by atoms with Crippen molar-refractivity contribution in [3.8, 4) is 11.3 Å². The zero-order valence-corrected chi connectivity index (χ0v) is 13.9. The van der Waals surface area contributed by atoms with Gasteiger partial charge in [-0.2, -0.15) is 0 Å². The van der Waals surface area contributed by atoms with Crippen LogP contribution < -0.4 is 5.73 Å². The van der Waals surface area contributed by atoms with E-state index in [0.717, 1.165) is 26.6 Å². The molecule has 1 aromatic heterocycles. The van der Waals surface area contributed by atoms with Crippen LogP contribution in [-0.2, 0) is 4.79 Å². The van der Waals surface area contributed by atoms with Gasteiger partial charge in [-0.15, -0.1) is 0 Å². The fraction of sp³-hybridized carbons (Fsp3) is 0.0625. The first-order chi connectivity index (χ1) is 10.6. The quantitative estimate of drug-likeness (QED) is 0.559. The Labute approximate surface area is 140 Å². The Kier molecular flexibility index (Phi) is 4.40. The van der Waals surface area contributed by atoms with Crippen molar-refractivity contribution in [1.29, 1.82) is 0 Å². The molecule has 4 nitrogen and oxygen atoms in total. The molecule has 2 aromatic carbocycles. The Morgan fingerprint density at radius 1 is 1.14 bits per heavy atom. The van der Waals surface area contributed by atoms with Crippen molar-refractivity contribution in [3.63, 3.8) is 0 Å². The summed E-state index contributed by atoms with van der Waals surface area (Å²) >= 11 is 4.73. The predicted octanol–water partition coefficient (Wildman–Crippen LogP) is 3.64. The van der Waals surface area contributed by atoms with Crippen molar-refractivity contribution in [2.24, 2.45) is 5.73 Å². The predicted molar refractivity (Wildman–Crippen MR) is 92.6 cm³/mol. The number of carbonyl (C=O) groups is 1. The van der Waals surface area contributed by atoms with Gasteiger partial charge in [0.2, 0.25) is 5.91 Å². The lowest BCUT2D eigenvalue weighted by atomic mass is 10.1. The van der Waals surface area contributed by atoms with Crippen LogP contribution in [0.2, 0.25) is 0 Å². The maximum Gasteiger partial charge on any atom is 0.227 e. The lowest BCUT2D eigenvalue weighted by molar-refractivity contribution is -0.115. The average molecular weight is 374 g/mol. The van der Waals surface area contributed by atoms with Crippen molar-refractivity contribution < 1.29 is 4.79 Å². The van der Waals surface area contributed by atoms with Crippen LogP contribution in [0.25, 0.3) is 22.2 Å². The van der Waals surface area contributed by atoms with E-state index in [0.29, 0.717) is 5.16 Å². The van der Waals surface area contributed by atoms with Crippen molar-refractivity contribution in [3.05, 3.63) is 53.0 Å². The summed E-state index contributed by atoms with van der Waals surface area (Å²) in [6, 6.07) is 15.8. The highest BCUT2D eigenvalue weighted by molar-refractivity contribution is 9.10. The summed E-state index contributed by atoms with van der Waals surface area (Å²) in [4.78, 5) is 20.1. The molecule has 0 saturated carbocycles. The van der Waals surface area contributed by atoms with Crippen LogP contribution in [0.4, 0.5) is 0 Å². The van der Waals surface area contributed by atoms with Gasteiger partial charge in [-0.05, 0) is 18.2 Å². The zero-order valence-electron chi connectivity index (χ0n) is 11.5. The van der Waals surface area contributed by atoms with E-state index in [1.54, 1.807) is 0 Å². The Morgan fingerprint density at radius 3 is 2.64 bits per heavy atom. The zero-order chi connectivity index (χ0) is 15.5. The highest BCUT2D eigenvalue weighted by Crippen LogP contribution is 2.30. The van der Waals surface area contributed by atoms with Gasteiger partial charge in [0.15, 0.2) is 5.16 Å². The summed E-state index contributed by atoms with van der Waals surface area (Å²) in [5, 5.41) is 1.51. The van der Waals surface area contributed by atoms with E-state index in [1.165, 1.54) is 11.8 Å². The van der Waals surface area contributed by atoms with Gasteiger partial charge >= 0.3 is 0 Å². The molecule has 0 spiro atoms. The molecule has 3 aromatic rings. The monoisotopic (exact) mass is 373 g/mol. The molecule has 0 aliphatic carbocycles. The molecule has 110 valence electrons. The number of hydrogen-bond acceptors (Lipinski definition) is 4. The van der Waals surface area contributed by atoms with Gasteiger partial charge in [-0.3, -0.25) is 4.79 Å². The molecule has 22 heavy (non-hydrogen) atoms. The molecule has 0 radical (unpaired) electrons. The van der Waals surface area contributed by atoms with Crippen molar-refractivity contribution in [1.82, 2.24) is 9.97 Å². The Balaban J connectivity index is 2.17. The molecule has 6 heteroatoms. The molecular weight excluding hydrogens is 362 g/mol. The number of thioether (sulfide) groups is 1. The number of fused-ring (bicyclic) bond motifs is 1. The summed E-state index contributed by atoms with van der Waals surface area (Å²) in [7, 11) is 0. The van der Waals surface area contributed by atoms with E-state index in [4.69, 9.17) is 5.73 Å². The number of halogens is 1. The normalized spacial score (nSPS) is 10.8. The van der Waals surface area contributed by atoms with Gasteiger partial charge in [-0.1, -0.05) is 58.0 Å². The van der Waals surface area contributed by atoms with Gasteiger partial charge in [-0.25, -0.2) is 9.97 Å². The number of hydrogen-bond donors (Lipinski definition) is 1. The van der Waals surface area contributed by atoms with Gasteiger partial charge in [0.1, 0.15) is 0 Å². The highest BCUT2D eigenvalue weighted by Gasteiger charge is 2.11. The Hall–Kier alpha value is -1.92. The van der Waals surface area contributed by atoms with E-state index in [-0.39, 0.29) is 11.7 Å². The standard InChI is InChI=1S/C16H12BrN3OS/c17-11-6-7-13-12(8-11)15(10-4-2-1-3-5-10)20-16(19-13)22-9-14(18)21/h1-8H,9H2,(H2,18,21). The topological polar surface area (TPSA) is 68.9 Å². The molecule has 0 atom stereocenters. The molecule has 1 amide bonds. The minimum atomic E-state index is -0.384. The number of nitrogens with zero attached hydrogens (tertiary/aromatic N) is 2. The fourth-order valence-electron chi connectivity index (χ4n) is 2.10. The number of benzene rings is 2. The lowest BCUT2D eigenvalue weighted by Gasteiger charge is -2.08. The van der Waals surface area contributed by atoms with Crippen LogP contribution in [0.1, 0.15) is 0 Å². The van der Waals surface area contributed by atoms with Crippen molar-refractivity contribution >= 4 is 44.5 Å². The minimum Gasteiger partial charge on any atom is -0.369 e. The molecular formula is C16H12BrN3OS. The molecule has 1 heterocycles. The molecule has 3 rings (SSSR count). The van der Waals surface area contributed by atoms with Crippen LogP contribution in [0.3, 0.4) is 0 Å². The van der Waals surface area contributed by atoms with Crippen LogP contribution in [0, 0.1) is 0 Å². The van der Waals surface area contributed by atoms with Crippen molar-refractivity contribution in [2.45, 2.75) is 5.16 Å². The second kappa shape index (κ2) is 6.46. The van der Waals surface area contributed by atoms with E-state index in [9.17, 15) is 4.79 Å². The maximum atomic E-state index is 11.0. The SMILES string of the molecule is NC(=O)CSc1nc(-c2ccccc2)c2cc(Br)ccc2n1. The first-order valence-corrected chi connectivity index (χ1v) is 8.35. The first-order valence-electron chi connectivity index (χ1n) is 6.57. The third kappa shape index (κ3) is 3.28. The van der Waals surface area contributed by atoms with E-state index >= 15 is 0 Å². The van der Waals surface area contributed by atoms with E-state index < -0.39 is 0 Å². The number of rotatable bonds is 4. The van der Waals surface area contributed by atoms with Gasteiger partial charge < -0.3 is 5.73 Å². The summed E-state index contributed by atoms with van der Waals surface area (Å²) in [6.45, 7) is 0. The maximum absolute atomic E-state index is 11.0. The molecule has 0 fully saturated rings. The van der Waals surface area contributed by atoms with E-state index in [1.807, 2.05) is 48.5 Å². The van der Waals surface area contributed by atoms with Crippen LogP contribution in [-0.4, -0.2) is 21.6 Å². The molecule has 0 bridgehead atoms. The third-order valence-electron chi connectivity index (χ3n) is 3.03. The number of aromatic nitrogens is 2. The van der Waals surface area contributed by atoms with Crippen LogP contribution in [0.15, 0.2) is 58.2 Å². The minimum absolute atomic E-state index is 0.163. The lowest BCUT2D eigenvalue weighted by Crippen LogP contribution is -2.13. The first kappa shape index (κ1) is 15.0. The highest BCUT2D eigenvalue weighted by atomic mass is 79.9.